The van der Waals surface area contributed by atoms with Crippen molar-refractivity contribution in [3.05, 3.63) is 59.9 Å². The summed E-state index contributed by atoms with van der Waals surface area (Å²) in [6, 6.07) is 11.3. The summed E-state index contributed by atoms with van der Waals surface area (Å²) < 4.78 is 11.0. The maximum absolute atomic E-state index is 13.3. The minimum atomic E-state index is -1.03. The Labute approximate surface area is 478 Å². The minimum absolute atomic E-state index is 0.0392. The number of hydrogen-bond donors (Lipinski definition) is 5. The van der Waals surface area contributed by atoms with Crippen molar-refractivity contribution in [2.45, 2.75) is 142 Å². The summed E-state index contributed by atoms with van der Waals surface area (Å²) in [5, 5.41) is 18.9. The molecule has 10 rings (SSSR count). The fraction of sp³-hybridized carbons (Fsp3) is 0.600. The van der Waals surface area contributed by atoms with Gasteiger partial charge in [0.05, 0.1) is 54.4 Å². The van der Waals surface area contributed by atoms with Crippen molar-refractivity contribution < 1.29 is 33.8 Å². The molecule has 4 fully saturated rings. The van der Waals surface area contributed by atoms with Crippen LogP contribution in [0.25, 0.3) is 0 Å². The van der Waals surface area contributed by atoms with E-state index in [9.17, 15) is 24.3 Å². The third-order valence-corrected chi connectivity index (χ3v) is 16.9. The molecule has 0 radical (unpaired) electrons. The first-order valence-corrected chi connectivity index (χ1v) is 29.1. The highest BCUT2D eigenvalue weighted by Crippen LogP contribution is 2.43. The number of methoxy groups -OCH3 is 2. The summed E-state index contributed by atoms with van der Waals surface area (Å²) in [6.45, 7) is 13.5. The van der Waals surface area contributed by atoms with Crippen molar-refractivity contribution in [3.8, 4) is 11.5 Å². The second-order valence-electron chi connectivity index (χ2n) is 24.2. The van der Waals surface area contributed by atoms with Gasteiger partial charge in [-0.1, -0.05) is 38.5 Å². The number of fused-ring (bicyclic) bond motifs is 2. The number of carboxylic acids is 1. The number of amides is 3. The van der Waals surface area contributed by atoms with Gasteiger partial charge in [0.15, 0.2) is 11.6 Å². The maximum Gasteiger partial charge on any atom is 0.335 e. The first kappa shape index (κ1) is 60.3. The number of nitrogens with one attached hydrogen (secondary N) is 3. The maximum atomic E-state index is 13.3. The molecule has 2 aliphatic carbocycles. The number of piperidine rings is 2. The summed E-state index contributed by atoms with van der Waals surface area (Å²) in [5.74, 6) is 2.18. The Morgan fingerprint density at radius 2 is 1.01 bits per heavy atom. The highest BCUT2D eigenvalue weighted by Gasteiger charge is 2.43. The van der Waals surface area contributed by atoms with Gasteiger partial charge in [-0.05, 0) is 156 Å². The molecule has 21 heteroatoms. The largest absolute Gasteiger partial charge is 0.495 e. The molecule has 2 saturated heterocycles. The van der Waals surface area contributed by atoms with E-state index in [4.69, 9.17) is 25.2 Å². The molecule has 21 nitrogen and oxygen atoms in total. The van der Waals surface area contributed by atoms with Gasteiger partial charge in [0, 0.05) is 56.9 Å². The molecule has 0 atom stereocenters. The van der Waals surface area contributed by atoms with Crippen molar-refractivity contribution >= 4 is 70.0 Å². The highest BCUT2D eigenvalue weighted by molar-refractivity contribution is 6.02. The van der Waals surface area contributed by atoms with Gasteiger partial charge < -0.3 is 65.7 Å². The van der Waals surface area contributed by atoms with Crippen LogP contribution in [0.1, 0.15) is 138 Å². The SMILES string of the molecule is CN1CCC(N)CC1.COc1cc(C(=O)NC2CCN(C)CC2)ccc1Nc1ncc2c(n1)N(C1CCCCC1)CC(C)(C)C(=O)N2C.COc1cc(C(=O)O)ccc1Nc1ncc2c(n1)N(C1CCCCC1)CC(C)(C)C(=O)N2C. The molecule has 2 aromatic heterocycles. The van der Waals surface area contributed by atoms with Crippen LogP contribution in [0.15, 0.2) is 48.8 Å². The quantitative estimate of drug-likeness (QED) is 0.0949. The molecule has 6 aliphatic rings. The fourth-order valence-corrected chi connectivity index (χ4v) is 12.0. The number of aromatic carboxylic acids is 1. The van der Waals surface area contributed by atoms with Gasteiger partial charge in [0.1, 0.15) is 22.9 Å². The van der Waals surface area contributed by atoms with Gasteiger partial charge in [0.2, 0.25) is 23.7 Å². The van der Waals surface area contributed by atoms with E-state index >= 15 is 0 Å². The first-order valence-electron chi connectivity index (χ1n) is 29.1. The van der Waals surface area contributed by atoms with Crippen molar-refractivity contribution in [3.63, 3.8) is 0 Å². The molecule has 6 heterocycles. The molecule has 440 valence electrons. The third-order valence-electron chi connectivity index (χ3n) is 16.9. The molecular weight excluding hydrogens is 1030 g/mol. The van der Waals surface area contributed by atoms with Crippen LogP contribution < -0.4 is 50.8 Å². The number of anilines is 8. The van der Waals surface area contributed by atoms with E-state index in [1.165, 1.54) is 83.7 Å². The first-order chi connectivity index (χ1) is 38.7. The Morgan fingerprint density at radius 3 is 1.42 bits per heavy atom. The Kier molecular flexibility index (Phi) is 19.6. The van der Waals surface area contributed by atoms with Gasteiger partial charge in [-0.3, -0.25) is 14.4 Å². The van der Waals surface area contributed by atoms with E-state index in [-0.39, 0.29) is 29.3 Å². The molecule has 3 amide bonds. The standard InChI is InChI=1S/C30H43N7O3.C24H31N5O4.C6H14N2/c1-30(2)19-37(22-9-7-6-8-10-22)26-24(36(4)28(30)39)18-31-29(34-26)33-23-12-11-20(17-25(23)40-5)27(38)32-21-13-15-35(3)16-14-21;1-24(2)14-29(16-8-6-5-7-9-16)20-18(28(3)22(24)32)13-25-23(27-20)26-17-11-10-15(21(30)31)12-19(17)33-4;1-8-4-2-6(7)3-5-8/h11-12,17-18,21-22H,6-10,13-16,19H2,1-5H3,(H,32,38)(H,31,33,34);10-13,16H,5-9,14H2,1-4H3,(H,30,31)(H,25,26,27);6H,2-5,7H2,1H3. The topological polar surface area (TPSA) is 240 Å². The van der Waals surface area contributed by atoms with Crippen LogP contribution in [-0.4, -0.2) is 164 Å². The van der Waals surface area contributed by atoms with Crippen LogP contribution in [0.3, 0.4) is 0 Å². The molecule has 2 saturated carbocycles. The van der Waals surface area contributed by atoms with E-state index in [1.807, 2.05) is 40.8 Å². The summed E-state index contributed by atoms with van der Waals surface area (Å²) in [6.07, 6.45) is 19.2. The van der Waals surface area contributed by atoms with E-state index in [1.54, 1.807) is 54.6 Å². The van der Waals surface area contributed by atoms with E-state index < -0.39 is 16.8 Å². The van der Waals surface area contributed by atoms with Gasteiger partial charge in [-0.15, -0.1) is 0 Å². The number of aromatic nitrogens is 4. The van der Waals surface area contributed by atoms with Gasteiger partial charge in [-0.2, -0.15) is 9.97 Å². The number of likely N-dealkylation sites (tertiary alicyclic amines) is 2. The lowest BCUT2D eigenvalue weighted by Crippen LogP contribution is -2.46. The predicted molar refractivity (Wildman–Crippen MR) is 319 cm³/mol. The summed E-state index contributed by atoms with van der Waals surface area (Å²) in [4.78, 5) is 82.2. The number of ether oxygens (including phenoxy) is 2. The molecule has 4 aromatic rings. The average Bonchev–Trinajstić information content (AvgIpc) is 3.89. The zero-order valence-corrected chi connectivity index (χ0v) is 49.5. The second kappa shape index (κ2) is 26.4. The number of carbonyl (C=O) groups is 4. The lowest BCUT2D eigenvalue weighted by Gasteiger charge is -2.38. The zero-order chi connectivity index (χ0) is 58.2. The third kappa shape index (κ3) is 14.6. The zero-order valence-electron chi connectivity index (χ0n) is 49.5. The monoisotopic (exact) mass is 1120 g/mol. The van der Waals surface area contributed by atoms with Gasteiger partial charge in [0.25, 0.3) is 5.91 Å². The molecule has 6 N–H and O–H groups in total. The number of rotatable bonds is 11. The predicted octanol–water partition coefficient (Wildman–Crippen LogP) is 8.30. The van der Waals surface area contributed by atoms with Crippen LogP contribution >= 0.6 is 0 Å². The molecule has 4 aliphatic heterocycles. The van der Waals surface area contributed by atoms with Crippen LogP contribution in [0.5, 0.6) is 11.5 Å². The number of carboxylic acid groups (broad SMARTS) is 1. The van der Waals surface area contributed by atoms with Crippen molar-refractivity contribution in [1.29, 1.82) is 0 Å². The summed E-state index contributed by atoms with van der Waals surface area (Å²) in [7, 11) is 10.9. The molecule has 0 spiro atoms. The van der Waals surface area contributed by atoms with Gasteiger partial charge in [-0.25, -0.2) is 14.8 Å². The van der Waals surface area contributed by atoms with Gasteiger partial charge >= 0.3 is 5.97 Å². The summed E-state index contributed by atoms with van der Waals surface area (Å²) in [5.41, 5.74) is 7.88. The molecule has 2 aromatic carbocycles. The average molecular weight is 1120 g/mol. The molecular formula is C60H88N14O7. The van der Waals surface area contributed by atoms with E-state index in [0.717, 1.165) is 68.9 Å². The molecule has 0 bridgehead atoms. The van der Waals surface area contributed by atoms with Crippen LogP contribution in [0, 0.1) is 10.8 Å². The van der Waals surface area contributed by atoms with Crippen LogP contribution in [-0.2, 0) is 9.59 Å². The van der Waals surface area contributed by atoms with Crippen LogP contribution in [0.4, 0.5) is 46.3 Å². The van der Waals surface area contributed by atoms with E-state index in [0.29, 0.717) is 77.2 Å². The number of nitrogens with zero attached hydrogens (tertiary/aromatic N) is 10. The Hall–Kier alpha value is -6.84. The molecule has 81 heavy (non-hydrogen) atoms. The second-order valence-corrected chi connectivity index (χ2v) is 24.2. The smallest absolute Gasteiger partial charge is 0.335 e. The highest BCUT2D eigenvalue weighted by atomic mass is 16.5. The Balaban J connectivity index is 0.000000189. The van der Waals surface area contributed by atoms with E-state index in [2.05, 4.69) is 59.6 Å². The number of benzene rings is 2. The lowest BCUT2D eigenvalue weighted by atomic mass is 9.88. The lowest BCUT2D eigenvalue weighted by molar-refractivity contribution is -0.126. The van der Waals surface area contributed by atoms with Crippen molar-refractivity contribution in [2.24, 2.45) is 16.6 Å². The van der Waals surface area contributed by atoms with Crippen molar-refractivity contribution in [1.82, 2.24) is 35.1 Å². The Morgan fingerprint density at radius 1 is 0.605 bits per heavy atom. The number of carbonyl (C=O) groups excluding carboxylic acids is 3. The number of hydrogen-bond acceptors (Lipinski definition) is 17. The Bertz CT molecular complexity index is 2830. The number of nitrogens with two attached hydrogens (primary N) is 1. The summed E-state index contributed by atoms with van der Waals surface area (Å²) >= 11 is 0. The molecule has 0 unspecified atom stereocenters. The fourth-order valence-electron chi connectivity index (χ4n) is 12.0. The normalized spacial score (nSPS) is 20.3. The minimum Gasteiger partial charge on any atom is -0.495 e. The van der Waals surface area contributed by atoms with Crippen LogP contribution in [0.2, 0.25) is 0 Å². The van der Waals surface area contributed by atoms with Crippen molar-refractivity contribution in [2.75, 3.05) is 112 Å².